The van der Waals surface area contributed by atoms with E-state index in [-0.39, 0.29) is 12.2 Å². The second-order valence-corrected chi connectivity index (χ2v) is 9.49. The van der Waals surface area contributed by atoms with Gasteiger partial charge in [0, 0.05) is 50.2 Å². The van der Waals surface area contributed by atoms with E-state index in [0.29, 0.717) is 24.6 Å². The Hall–Kier alpha value is -4.54. The number of aromatic nitrogens is 3. The maximum atomic E-state index is 9.55. The lowest BCUT2D eigenvalue weighted by atomic mass is 10.00. The van der Waals surface area contributed by atoms with Gasteiger partial charge in [0.2, 0.25) is 5.88 Å². The first-order valence-electron chi connectivity index (χ1n) is 13.5. The molecule has 3 heterocycles. The fraction of sp³-hybridized carbons (Fsp3) is 0.290. The lowest BCUT2D eigenvalue weighted by Crippen LogP contribution is -2.38. The van der Waals surface area contributed by atoms with Gasteiger partial charge < -0.3 is 24.6 Å². The summed E-state index contributed by atoms with van der Waals surface area (Å²) in [4.78, 5) is 25.8. The lowest BCUT2D eigenvalue weighted by Gasteiger charge is -2.34. The minimum Gasteiger partial charge on any atom is -0.478 e. The van der Waals surface area contributed by atoms with Gasteiger partial charge in [-0.2, -0.15) is 0 Å². The zero-order chi connectivity index (χ0) is 28.9. The van der Waals surface area contributed by atoms with Crippen LogP contribution in [0, 0.1) is 0 Å². The summed E-state index contributed by atoms with van der Waals surface area (Å²) >= 11 is 0. The zero-order valence-corrected chi connectivity index (χ0v) is 22.7. The number of rotatable bonds is 11. The van der Waals surface area contributed by atoms with E-state index in [2.05, 4.69) is 75.6 Å². The van der Waals surface area contributed by atoms with Crippen LogP contribution in [-0.4, -0.2) is 74.0 Å². The van der Waals surface area contributed by atoms with Crippen LogP contribution in [0.1, 0.15) is 36.5 Å². The molecule has 4 aromatic rings. The smallest absolute Gasteiger partial charge is 0.328 e. The van der Waals surface area contributed by atoms with Gasteiger partial charge in [-0.25, -0.2) is 19.1 Å². The molecule has 0 amide bonds. The summed E-state index contributed by atoms with van der Waals surface area (Å²) in [6.07, 6.45) is 8.02. The normalized spacial score (nSPS) is 14.2. The van der Waals surface area contributed by atoms with Crippen molar-refractivity contribution in [2.45, 2.75) is 31.5 Å². The molecule has 5 rings (SSSR count). The van der Waals surface area contributed by atoms with Gasteiger partial charge in [0.05, 0.1) is 12.7 Å². The first kappa shape index (κ1) is 29.4. The van der Waals surface area contributed by atoms with Gasteiger partial charge in [0.25, 0.3) is 0 Å². The van der Waals surface area contributed by atoms with Crippen molar-refractivity contribution < 1.29 is 29.3 Å². The van der Waals surface area contributed by atoms with Crippen molar-refractivity contribution in [2.24, 2.45) is 0 Å². The Morgan fingerprint density at radius 3 is 2.10 bits per heavy atom. The third kappa shape index (κ3) is 9.55. The molecule has 2 aromatic heterocycles. The molecule has 2 N–H and O–H groups in total. The molecule has 0 bridgehead atoms. The number of aliphatic carboxylic acids is 2. The molecular formula is C31H34N4O6. The molecule has 10 heteroatoms. The number of hydrogen-bond acceptors (Lipinski definition) is 7. The number of hydrogen-bond donors (Lipinski definition) is 2. The van der Waals surface area contributed by atoms with E-state index in [1.165, 1.54) is 11.1 Å². The second kappa shape index (κ2) is 15.3. The number of piperidine rings is 1. The Labute approximate surface area is 238 Å². The standard InChI is InChI=1S/C27H30N4O2.C4H4O4/c1-3-8-22(9-4-1)27(23-10-5-2-6-11-23)33-24-14-18-30(19-15-24)17-7-21-32-26-13-12-25-28-16-20-31(25)29-26;5-3(6)1-2-4(7)8/h1-6,8-13,16,20,24,27H,7,14-15,17-19,21H2;1-2H,(H,5,6)(H,7,8). The van der Waals surface area contributed by atoms with E-state index in [4.69, 9.17) is 19.7 Å². The first-order valence-corrected chi connectivity index (χ1v) is 13.5. The molecule has 1 aliphatic rings. The molecule has 1 fully saturated rings. The van der Waals surface area contributed by atoms with Crippen LogP contribution in [0.15, 0.2) is 97.3 Å². The minimum absolute atomic E-state index is 0.0160. The Kier molecular flexibility index (Phi) is 11.0. The molecular weight excluding hydrogens is 524 g/mol. The predicted molar refractivity (Wildman–Crippen MR) is 153 cm³/mol. The molecule has 0 unspecified atom stereocenters. The summed E-state index contributed by atoms with van der Waals surface area (Å²) in [7, 11) is 0. The molecule has 214 valence electrons. The van der Waals surface area contributed by atoms with Crippen LogP contribution >= 0.6 is 0 Å². The van der Waals surface area contributed by atoms with Gasteiger partial charge in [-0.05, 0) is 36.5 Å². The molecule has 10 nitrogen and oxygen atoms in total. The van der Waals surface area contributed by atoms with Crippen molar-refractivity contribution in [1.82, 2.24) is 19.5 Å². The molecule has 41 heavy (non-hydrogen) atoms. The van der Waals surface area contributed by atoms with E-state index in [1.54, 1.807) is 10.7 Å². The van der Waals surface area contributed by atoms with Gasteiger partial charge in [-0.1, -0.05) is 60.7 Å². The van der Waals surface area contributed by atoms with Crippen LogP contribution in [-0.2, 0) is 14.3 Å². The van der Waals surface area contributed by atoms with Crippen molar-refractivity contribution >= 4 is 17.6 Å². The summed E-state index contributed by atoms with van der Waals surface area (Å²) in [6.45, 7) is 3.80. The van der Waals surface area contributed by atoms with Crippen molar-refractivity contribution in [1.29, 1.82) is 0 Å². The maximum Gasteiger partial charge on any atom is 0.328 e. The first-order chi connectivity index (χ1) is 20.0. The quantitative estimate of drug-likeness (QED) is 0.202. The van der Waals surface area contributed by atoms with Crippen LogP contribution in [0.25, 0.3) is 5.65 Å². The van der Waals surface area contributed by atoms with Crippen molar-refractivity contribution in [3.63, 3.8) is 0 Å². The van der Waals surface area contributed by atoms with Crippen LogP contribution in [0.2, 0.25) is 0 Å². The van der Waals surface area contributed by atoms with E-state index < -0.39 is 11.9 Å². The maximum absolute atomic E-state index is 9.55. The highest BCUT2D eigenvalue weighted by atomic mass is 16.5. The number of carboxylic acids is 2. The topological polar surface area (TPSA) is 126 Å². The third-order valence-corrected chi connectivity index (χ3v) is 6.54. The molecule has 0 aliphatic carbocycles. The number of imidazole rings is 1. The van der Waals surface area contributed by atoms with Gasteiger partial charge in [-0.15, -0.1) is 5.10 Å². The average Bonchev–Trinajstić information content (AvgIpc) is 3.47. The number of carbonyl (C=O) groups is 2. The third-order valence-electron chi connectivity index (χ3n) is 6.54. The fourth-order valence-corrected chi connectivity index (χ4v) is 4.55. The fourth-order valence-electron chi connectivity index (χ4n) is 4.55. The van der Waals surface area contributed by atoms with Gasteiger partial charge in [-0.3, -0.25) is 0 Å². The largest absolute Gasteiger partial charge is 0.478 e. The van der Waals surface area contributed by atoms with Crippen LogP contribution in [0.5, 0.6) is 5.88 Å². The average molecular weight is 559 g/mol. The highest BCUT2D eigenvalue weighted by Gasteiger charge is 2.24. The molecule has 0 saturated carbocycles. The number of nitrogens with zero attached hydrogens (tertiary/aromatic N) is 4. The highest BCUT2D eigenvalue weighted by molar-refractivity contribution is 5.89. The minimum atomic E-state index is -1.26. The summed E-state index contributed by atoms with van der Waals surface area (Å²) < 4.78 is 14.2. The van der Waals surface area contributed by atoms with Gasteiger partial charge in [0.15, 0.2) is 5.65 Å². The summed E-state index contributed by atoms with van der Waals surface area (Å²) in [5, 5.41) is 20.0. The van der Waals surface area contributed by atoms with E-state index >= 15 is 0 Å². The summed E-state index contributed by atoms with van der Waals surface area (Å²) in [5.41, 5.74) is 3.26. The van der Waals surface area contributed by atoms with Crippen LogP contribution in [0.4, 0.5) is 0 Å². The molecule has 0 atom stereocenters. The van der Waals surface area contributed by atoms with Crippen molar-refractivity contribution in [2.75, 3.05) is 26.2 Å². The molecule has 0 spiro atoms. The highest BCUT2D eigenvalue weighted by Crippen LogP contribution is 2.30. The predicted octanol–water partition coefficient (Wildman–Crippen LogP) is 4.48. The SMILES string of the molecule is O=C(O)C=CC(=O)O.c1ccc(C(OC2CCN(CCCOc3ccc4nccn4n3)CC2)c2ccccc2)cc1. The Morgan fingerprint density at radius 2 is 1.51 bits per heavy atom. The van der Waals surface area contributed by atoms with E-state index in [9.17, 15) is 9.59 Å². The molecule has 0 radical (unpaired) electrons. The molecule has 2 aromatic carbocycles. The lowest BCUT2D eigenvalue weighted by molar-refractivity contribution is -0.134. The molecule has 1 aliphatic heterocycles. The number of ether oxygens (including phenoxy) is 2. The number of carboxylic acid groups (broad SMARTS) is 2. The van der Waals surface area contributed by atoms with Crippen LogP contribution in [0.3, 0.4) is 0 Å². The van der Waals surface area contributed by atoms with Gasteiger partial charge >= 0.3 is 11.9 Å². The van der Waals surface area contributed by atoms with Crippen LogP contribution < -0.4 is 4.74 Å². The Bertz CT molecular complexity index is 1350. The van der Waals surface area contributed by atoms with E-state index in [0.717, 1.165) is 44.5 Å². The Morgan fingerprint density at radius 1 is 0.902 bits per heavy atom. The monoisotopic (exact) mass is 558 g/mol. The summed E-state index contributed by atoms with van der Waals surface area (Å²) in [5.74, 6) is -1.87. The Balaban J connectivity index is 0.000000426. The number of likely N-dealkylation sites (tertiary alicyclic amines) is 1. The zero-order valence-electron chi connectivity index (χ0n) is 22.7. The second-order valence-electron chi connectivity index (χ2n) is 9.49. The van der Waals surface area contributed by atoms with E-state index in [1.807, 2.05) is 18.3 Å². The summed E-state index contributed by atoms with van der Waals surface area (Å²) in [6, 6.07) is 24.9. The van der Waals surface area contributed by atoms with Crippen molar-refractivity contribution in [3.8, 4) is 5.88 Å². The number of fused-ring (bicyclic) bond motifs is 1. The van der Waals surface area contributed by atoms with Gasteiger partial charge in [0.1, 0.15) is 6.10 Å². The number of benzene rings is 2. The molecule has 1 saturated heterocycles. The van der Waals surface area contributed by atoms with Crippen molar-refractivity contribution in [3.05, 3.63) is 108 Å².